The van der Waals surface area contributed by atoms with Crippen LogP contribution >= 0.6 is 0 Å². The van der Waals surface area contributed by atoms with Crippen LogP contribution in [0.3, 0.4) is 0 Å². The van der Waals surface area contributed by atoms with Crippen LogP contribution in [0.25, 0.3) is 0 Å². The highest BCUT2D eigenvalue weighted by atomic mass is 16.5. The van der Waals surface area contributed by atoms with Gasteiger partial charge in [0.25, 0.3) is 0 Å². The van der Waals surface area contributed by atoms with Gasteiger partial charge in [0, 0.05) is 5.69 Å². The minimum Gasteiger partial charge on any atom is -0.450 e. The Kier molecular flexibility index (Phi) is 5.85. The minimum atomic E-state index is -0.626. The molecule has 1 rings (SSSR count). The average Bonchev–Trinajstić information content (AvgIpc) is 2.37. The van der Waals surface area contributed by atoms with Gasteiger partial charge in [-0.15, -0.1) is 0 Å². The number of carbonyl (C=O) groups excluding carboxylic acids is 2. The first kappa shape index (κ1) is 15.0. The molecule has 1 aromatic carbocycles. The van der Waals surface area contributed by atoms with Gasteiger partial charge in [0.05, 0.1) is 6.61 Å². The Morgan fingerprint density at radius 3 is 2.37 bits per heavy atom. The van der Waals surface area contributed by atoms with Crippen LogP contribution in [0.4, 0.5) is 10.5 Å². The number of amides is 2. The summed E-state index contributed by atoms with van der Waals surface area (Å²) in [5.41, 5.74) is 0.698. The third kappa shape index (κ3) is 4.99. The number of ether oxygens (including phenoxy) is 1. The second kappa shape index (κ2) is 7.41. The summed E-state index contributed by atoms with van der Waals surface area (Å²) in [6.07, 6.45) is -0.579. The molecule has 1 unspecified atom stereocenters. The number of anilines is 1. The average molecular weight is 264 g/mol. The van der Waals surface area contributed by atoms with E-state index in [1.807, 2.05) is 32.0 Å². The van der Waals surface area contributed by atoms with E-state index >= 15 is 0 Å². The second-order valence-corrected chi connectivity index (χ2v) is 4.44. The van der Waals surface area contributed by atoms with Crippen molar-refractivity contribution in [3.63, 3.8) is 0 Å². The fourth-order valence-corrected chi connectivity index (χ4v) is 1.58. The van der Waals surface area contributed by atoms with Gasteiger partial charge < -0.3 is 15.4 Å². The van der Waals surface area contributed by atoms with Gasteiger partial charge in [-0.25, -0.2) is 4.79 Å². The summed E-state index contributed by atoms with van der Waals surface area (Å²) < 4.78 is 4.79. The lowest BCUT2D eigenvalue weighted by Crippen LogP contribution is -2.47. The number of para-hydroxylation sites is 1. The van der Waals surface area contributed by atoms with Gasteiger partial charge in [-0.1, -0.05) is 32.0 Å². The van der Waals surface area contributed by atoms with Crippen LogP contribution in [0.1, 0.15) is 20.8 Å². The van der Waals surface area contributed by atoms with Crippen molar-refractivity contribution in [2.24, 2.45) is 5.92 Å². The molecule has 0 aromatic heterocycles. The van der Waals surface area contributed by atoms with Crippen molar-refractivity contribution in [2.45, 2.75) is 26.8 Å². The van der Waals surface area contributed by atoms with Gasteiger partial charge in [0.1, 0.15) is 6.04 Å². The highest BCUT2D eigenvalue weighted by Gasteiger charge is 2.24. The Hall–Kier alpha value is -2.04. The largest absolute Gasteiger partial charge is 0.450 e. The monoisotopic (exact) mass is 264 g/mol. The molecule has 0 aliphatic heterocycles. The summed E-state index contributed by atoms with van der Waals surface area (Å²) >= 11 is 0. The summed E-state index contributed by atoms with van der Waals surface area (Å²) in [5.74, 6) is -0.289. The summed E-state index contributed by atoms with van der Waals surface area (Å²) in [6.45, 7) is 5.72. The normalized spacial score (nSPS) is 11.8. The molecule has 1 aromatic rings. The van der Waals surface area contributed by atoms with E-state index in [0.717, 1.165) is 0 Å². The van der Waals surface area contributed by atoms with Gasteiger partial charge in [-0.2, -0.15) is 0 Å². The smallest absolute Gasteiger partial charge is 0.407 e. The van der Waals surface area contributed by atoms with Gasteiger partial charge >= 0.3 is 6.09 Å². The topological polar surface area (TPSA) is 67.4 Å². The number of hydrogen-bond acceptors (Lipinski definition) is 3. The maximum absolute atomic E-state index is 12.1. The quantitative estimate of drug-likeness (QED) is 0.858. The van der Waals surface area contributed by atoms with E-state index < -0.39 is 12.1 Å². The van der Waals surface area contributed by atoms with E-state index in [-0.39, 0.29) is 18.4 Å². The number of alkyl carbamates (subject to hydrolysis) is 1. The van der Waals surface area contributed by atoms with Crippen molar-refractivity contribution in [3.05, 3.63) is 30.3 Å². The summed E-state index contributed by atoms with van der Waals surface area (Å²) in [4.78, 5) is 23.5. The Balaban J connectivity index is 2.66. The third-order valence-electron chi connectivity index (χ3n) is 2.54. The van der Waals surface area contributed by atoms with E-state index in [2.05, 4.69) is 10.6 Å². The summed E-state index contributed by atoms with van der Waals surface area (Å²) in [5, 5.41) is 5.33. The van der Waals surface area contributed by atoms with Crippen LogP contribution in [-0.2, 0) is 9.53 Å². The molecule has 0 spiro atoms. The van der Waals surface area contributed by atoms with Crippen LogP contribution in [0.15, 0.2) is 30.3 Å². The number of hydrogen-bond donors (Lipinski definition) is 2. The van der Waals surface area contributed by atoms with E-state index in [1.54, 1.807) is 19.1 Å². The molecular formula is C14H20N2O3. The number of nitrogens with one attached hydrogen (secondary N) is 2. The van der Waals surface area contributed by atoms with Gasteiger partial charge in [-0.3, -0.25) is 4.79 Å². The number of rotatable bonds is 5. The predicted molar refractivity (Wildman–Crippen MR) is 73.9 cm³/mol. The molecule has 0 bridgehead atoms. The Morgan fingerprint density at radius 1 is 1.21 bits per heavy atom. The Morgan fingerprint density at radius 2 is 1.84 bits per heavy atom. The predicted octanol–water partition coefficient (Wildman–Crippen LogP) is 2.40. The van der Waals surface area contributed by atoms with Crippen molar-refractivity contribution in [2.75, 3.05) is 11.9 Å². The highest BCUT2D eigenvalue weighted by molar-refractivity contribution is 5.96. The maximum Gasteiger partial charge on any atom is 0.407 e. The standard InChI is InChI=1S/C14H20N2O3/c1-4-19-14(18)16-12(10(2)3)13(17)15-11-8-6-5-7-9-11/h5-10,12H,4H2,1-3H3,(H,15,17)(H,16,18). The fraction of sp³-hybridized carbons (Fsp3) is 0.429. The lowest BCUT2D eigenvalue weighted by Gasteiger charge is -2.21. The zero-order valence-electron chi connectivity index (χ0n) is 11.5. The van der Waals surface area contributed by atoms with Gasteiger partial charge in [0.2, 0.25) is 5.91 Å². The maximum atomic E-state index is 12.1. The first-order chi connectivity index (χ1) is 9.04. The highest BCUT2D eigenvalue weighted by Crippen LogP contribution is 2.09. The molecule has 1 atom stereocenters. The molecule has 5 nitrogen and oxygen atoms in total. The first-order valence-electron chi connectivity index (χ1n) is 6.33. The zero-order valence-corrected chi connectivity index (χ0v) is 11.5. The Bertz CT molecular complexity index is 418. The molecule has 0 heterocycles. The number of carbonyl (C=O) groups is 2. The van der Waals surface area contributed by atoms with Crippen LogP contribution < -0.4 is 10.6 Å². The zero-order chi connectivity index (χ0) is 14.3. The van der Waals surface area contributed by atoms with Crippen LogP contribution in [-0.4, -0.2) is 24.6 Å². The molecule has 5 heteroatoms. The molecule has 2 N–H and O–H groups in total. The SMILES string of the molecule is CCOC(=O)NC(C(=O)Nc1ccccc1)C(C)C. The minimum absolute atomic E-state index is 0.0341. The van der Waals surface area contributed by atoms with E-state index in [1.165, 1.54) is 0 Å². The molecule has 0 saturated heterocycles. The molecule has 0 saturated carbocycles. The molecule has 104 valence electrons. The third-order valence-corrected chi connectivity index (χ3v) is 2.54. The molecular weight excluding hydrogens is 244 g/mol. The first-order valence-corrected chi connectivity index (χ1v) is 6.33. The van der Waals surface area contributed by atoms with E-state index in [4.69, 9.17) is 4.74 Å². The van der Waals surface area contributed by atoms with Crippen molar-refractivity contribution < 1.29 is 14.3 Å². The lowest BCUT2D eigenvalue weighted by atomic mass is 10.0. The van der Waals surface area contributed by atoms with Gasteiger partial charge in [0.15, 0.2) is 0 Å². The van der Waals surface area contributed by atoms with Crippen LogP contribution in [0, 0.1) is 5.92 Å². The van der Waals surface area contributed by atoms with Gasteiger partial charge in [-0.05, 0) is 25.0 Å². The van der Waals surface area contributed by atoms with E-state index in [9.17, 15) is 9.59 Å². The molecule has 0 fully saturated rings. The van der Waals surface area contributed by atoms with Crippen molar-refractivity contribution in [3.8, 4) is 0 Å². The van der Waals surface area contributed by atoms with Crippen LogP contribution in [0.2, 0.25) is 0 Å². The van der Waals surface area contributed by atoms with Crippen molar-refractivity contribution in [1.82, 2.24) is 5.32 Å². The molecule has 2 amide bonds. The number of benzene rings is 1. The fourth-order valence-electron chi connectivity index (χ4n) is 1.58. The summed E-state index contributed by atoms with van der Waals surface area (Å²) in [7, 11) is 0. The summed E-state index contributed by atoms with van der Waals surface area (Å²) in [6, 6.07) is 8.49. The van der Waals surface area contributed by atoms with E-state index in [0.29, 0.717) is 5.69 Å². The van der Waals surface area contributed by atoms with Crippen molar-refractivity contribution in [1.29, 1.82) is 0 Å². The second-order valence-electron chi connectivity index (χ2n) is 4.44. The molecule has 0 aliphatic carbocycles. The van der Waals surface area contributed by atoms with Crippen LogP contribution in [0.5, 0.6) is 0 Å². The molecule has 0 radical (unpaired) electrons. The Labute approximate surface area is 113 Å². The lowest BCUT2D eigenvalue weighted by molar-refractivity contribution is -0.119. The molecule has 0 aliphatic rings. The molecule has 19 heavy (non-hydrogen) atoms. The van der Waals surface area contributed by atoms with Crippen molar-refractivity contribution >= 4 is 17.7 Å².